The van der Waals surface area contributed by atoms with E-state index in [4.69, 9.17) is 4.42 Å². The van der Waals surface area contributed by atoms with Gasteiger partial charge in [0.2, 0.25) is 0 Å². The fourth-order valence-electron chi connectivity index (χ4n) is 3.57. The molecule has 2 saturated heterocycles. The number of carbonyl (C=O) groups excluding carboxylic acids is 1. The number of halogens is 1. The Labute approximate surface area is 131 Å². The van der Waals surface area contributed by atoms with Crippen LogP contribution in [0, 0.1) is 5.92 Å². The standard InChI is InChI=1S/C16H17BrN2O2/c17-14-9-21-15-6-11(1-2-13(14)15)16(20)18-12-5-10-3-4-19(7-10)8-12/h1-2,6,9-10,12H,3-5,7-8H2,(H,18,20)/t10-,12-/m1/s1. The fraction of sp³-hybridized carbons (Fsp3) is 0.438. The average molecular weight is 349 g/mol. The van der Waals surface area contributed by atoms with E-state index in [1.807, 2.05) is 18.2 Å². The molecular weight excluding hydrogens is 332 g/mol. The molecule has 1 aromatic carbocycles. The normalized spacial score (nSPS) is 28.0. The molecule has 2 aliphatic rings. The van der Waals surface area contributed by atoms with Crippen molar-refractivity contribution in [2.75, 3.05) is 19.6 Å². The Bertz CT molecular complexity index is 685. The van der Waals surface area contributed by atoms with E-state index in [2.05, 4.69) is 26.1 Å². The zero-order valence-corrected chi connectivity index (χ0v) is 13.2. The van der Waals surface area contributed by atoms with E-state index in [1.165, 1.54) is 19.5 Å². The number of piperidine rings is 1. The van der Waals surface area contributed by atoms with Crippen molar-refractivity contribution in [3.8, 4) is 0 Å². The smallest absolute Gasteiger partial charge is 0.251 e. The van der Waals surface area contributed by atoms with Gasteiger partial charge in [0.25, 0.3) is 5.91 Å². The van der Waals surface area contributed by atoms with Crippen LogP contribution in [0.2, 0.25) is 0 Å². The maximum Gasteiger partial charge on any atom is 0.251 e. The number of fused-ring (bicyclic) bond motifs is 3. The van der Waals surface area contributed by atoms with Crippen LogP contribution >= 0.6 is 15.9 Å². The lowest BCUT2D eigenvalue weighted by Gasteiger charge is -2.30. The highest BCUT2D eigenvalue weighted by Gasteiger charge is 2.32. The van der Waals surface area contributed by atoms with Crippen LogP contribution < -0.4 is 5.32 Å². The second-order valence-electron chi connectivity index (χ2n) is 6.11. The summed E-state index contributed by atoms with van der Waals surface area (Å²) in [7, 11) is 0. The van der Waals surface area contributed by atoms with Crippen molar-refractivity contribution in [1.29, 1.82) is 0 Å². The number of carbonyl (C=O) groups is 1. The lowest BCUT2D eigenvalue weighted by molar-refractivity contribution is 0.0909. The average Bonchev–Trinajstić information content (AvgIpc) is 3.02. The first-order chi connectivity index (χ1) is 10.2. The number of furan rings is 1. The SMILES string of the molecule is O=C(N[C@@H]1C[C@H]2CCN(C2)C1)c1ccc2c(Br)coc2c1. The summed E-state index contributed by atoms with van der Waals surface area (Å²) in [6, 6.07) is 5.87. The summed E-state index contributed by atoms with van der Waals surface area (Å²) in [5, 5.41) is 4.17. The van der Waals surface area contributed by atoms with E-state index in [0.29, 0.717) is 5.56 Å². The van der Waals surface area contributed by atoms with E-state index in [0.717, 1.165) is 34.3 Å². The monoisotopic (exact) mass is 348 g/mol. The summed E-state index contributed by atoms with van der Waals surface area (Å²) < 4.78 is 6.36. The number of rotatable bonds is 2. The van der Waals surface area contributed by atoms with Gasteiger partial charge in [-0.2, -0.15) is 0 Å². The number of benzene rings is 1. The molecule has 0 spiro atoms. The van der Waals surface area contributed by atoms with Gasteiger partial charge in [0.05, 0.1) is 4.47 Å². The molecule has 1 amide bonds. The summed E-state index contributed by atoms with van der Waals surface area (Å²) >= 11 is 3.43. The highest BCUT2D eigenvalue weighted by Crippen LogP contribution is 2.28. The quantitative estimate of drug-likeness (QED) is 0.907. The van der Waals surface area contributed by atoms with Crippen LogP contribution in [0.25, 0.3) is 11.0 Å². The second kappa shape index (κ2) is 5.14. The van der Waals surface area contributed by atoms with Gasteiger partial charge < -0.3 is 14.6 Å². The molecule has 4 nitrogen and oxygen atoms in total. The molecule has 5 heteroatoms. The fourth-order valence-corrected chi connectivity index (χ4v) is 3.99. The maximum atomic E-state index is 12.4. The van der Waals surface area contributed by atoms with Gasteiger partial charge in [-0.15, -0.1) is 0 Å². The van der Waals surface area contributed by atoms with Crippen molar-refractivity contribution in [2.45, 2.75) is 18.9 Å². The third-order valence-electron chi connectivity index (χ3n) is 4.59. The Kier molecular flexibility index (Phi) is 3.27. The van der Waals surface area contributed by atoms with E-state index in [9.17, 15) is 4.79 Å². The first kappa shape index (κ1) is 13.3. The summed E-state index contributed by atoms with van der Waals surface area (Å²) in [5.74, 6) is 0.754. The molecular formula is C16H17BrN2O2. The van der Waals surface area contributed by atoms with Gasteiger partial charge in [0.15, 0.2) is 0 Å². The second-order valence-corrected chi connectivity index (χ2v) is 6.97. The number of nitrogens with one attached hydrogen (secondary N) is 1. The molecule has 2 fully saturated rings. The van der Waals surface area contributed by atoms with Gasteiger partial charge in [-0.05, 0) is 59.4 Å². The molecule has 110 valence electrons. The molecule has 0 aliphatic carbocycles. The Balaban J connectivity index is 1.50. The van der Waals surface area contributed by atoms with Gasteiger partial charge >= 0.3 is 0 Å². The Morgan fingerprint density at radius 1 is 1.38 bits per heavy atom. The van der Waals surface area contributed by atoms with Gasteiger partial charge in [-0.1, -0.05) is 0 Å². The molecule has 1 N–H and O–H groups in total. The first-order valence-corrected chi connectivity index (χ1v) is 8.18. The van der Waals surface area contributed by atoms with Gasteiger partial charge in [0, 0.05) is 30.1 Å². The Morgan fingerprint density at radius 3 is 3.14 bits per heavy atom. The van der Waals surface area contributed by atoms with Crippen LogP contribution in [0.3, 0.4) is 0 Å². The van der Waals surface area contributed by atoms with Gasteiger partial charge in [-0.3, -0.25) is 4.79 Å². The van der Waals surface area contributed by atoms with Gasteiger partial charge in [0.1, 0.15) is 11.8 Å². The number of nitrogens with zero attached hydrogens (tertiary/aromatic N) is 1. The molecule has 2 aromatic rings. The molecule has 1 aromatic heterocycles. The number of hydrogen-bond acceptors (Lipinski definition) is 3. The number of amides is 1. The molecule has 2 bridgehead atoms. The third-order valence-corrected chi connectivity index (χ3v) is 5.21. The molecule has 1 unspecified atom stereocenters. The van der Waals surface area contributed by atoms with Crippen molar-refractivity contribution in [1.82, 2.24) is 10.2 Å². The van der Waals surface area contributed by atoms with Crippen molar-refractivity contribution in [3.63, 3.8) is 0 Å². The molecule has 21 heavy (non-hydrogen) atoms. The predicted molar refractivity (Wildman–Crippen MR) is 84.3 cm³/mol. The van der Waals surface area contributed by atoms with E-state index >= 15 is 0 Å². The zero-order chi connectivity index (χ0) is 14.4. The topological polar surface area (TPSA) is 45.5 Å². The summed E-state index contributed by atoms with van der Waals surface area (Å²) in [6.45, 7) is 3.37. The first-order valence-electron chi connectivity index (χ1n) is 7.39. The van der Waals surface area contributed by atoms with Gasteiger partial charge in [-0.25, -0.2) is 0 Å². The summed E-state index contributed by atoms with van der Waals surface area (Å²) in [5.41, 5.74) is 1.40. The van der Waals surface area contributed by atoms with E-state index in [1.54, 1.807) is 6.26 Å². The van der Waals surface area contributed by atoms with Crippen LogP contribution in [0.5, 0.6) is 0 Å². The van der Waals surface area contributed by atoms with Crippen LogP contribution in [0.15, 0.2) is 33.4 Å². The minimum absolute atomic E-state index is 0.00285. The molecule has 4 rings (SSSR count). The van der Waals surface area contributed by atoms with Crippen LogP contribution in [-0.4, -0.2) is 36.5 Å². The lowest BCUT2D eigenvalue weighted by Crippen LogP contribution is -2.47. The highest BCUT2D eigenvalue weighted by molar-refractivity contribution is 9.10. The maximum absolute atomic E-state index is 12.4. The van der Waals surface area contributed by atoms with E-state index < -0.39 is 0 Å². The third kappa shape index (κ3) is 2.49. The number of hydrogen-bond donors (Lipinski definition) is 1. The predicted octanol–water partition coefficient (Wildman–Crippen LogP) is 3.02. The van der Waals surface area contributed by atoms with E-state index in [-0.39, 0.29) is 11.9 Å². The van der Waals surface area contributed by atoms with Crippen molar-refractivity contribution in [2.24, 2.45) is 5.92 Å². The highest BCUT2D eigenvalue weighted by atomic mass is 79.9. The van der Waals surface area contributed by atoms with Crippen LogP contribution in [0.4, 0.5) is 0 Å². The minimum atomic E-state index is -0.00285. The van der Waals surface area contributed by atoms with Crippen molar-refractivity contribution >= 4 is 32.8 Å². The summed E-state index contributed by atoms with van der Waals surface area (Å²) in [6.07, 6.45) is 4.04. The lowest BCUT2D eigenvalue weighted by atomic mass is 9.96. The molecule has 0 saturated carbocycles. The Morgan fingerprint density at radius 2 is 2.29 bits per heavy atom. The molecule has 0 radical (unpaired) electrons. The minimum Gasteiger partial charge on any atom is -0.463 e. The molecule has 3 heterocycles. The molecule has 3 atom stereocenters. The van der Waals surface area contributed by atoms with Crippen LogP contribution in [-0.2, 0) is 0 Å². The van der Waals surface area contributed by atoms with Crippen molar-refractivity contribution in [3.05, 3.63) is 34.5 Å². The molecule has 2 aliphatic heterocycles. The summed E-state index contributed by atoms with van der Waals surface area (Å²) in [4.78, 5) is 14.9. The zero-order valence-electron chi connectivity index (χ0n) is 11.6. The van der Waals surface area contributed by atoms with Crippen LogP contribution in [0.1, 0.15) is 23.2 Å². The Hall–Kier alpha value is -1.33. The van der Waals surface area contributed by atoms with Crippen molar-refractivity contribution < 1.29 is 9.21 Å². The largest absolute Gasteiger partial charge is 0.463 e.